The van der Waals surface area contributed by atoms with Gasteiger partial charge in [-0.15, -0.1) is 0 Å². The minimum Gasteiger partial charge on any atom is -0.493 e. The average molecular weight is 321 g/mol. The van der Waals surface area contributed by atoms with E-state index in [0.717, 1.165) is 42.7 Å². The van der Waals surface area contributed by atoms with Gasteiger partial charge in [0.15, 0.2) is 17.5 Å². The summed E-state index contributed by atoms with van der Waals surface area (Å²) in [6.45, 7) is 1.76. The van der Waals surface area contributed by atoms with E-state index in [4.69, 9.17) is 14.2 Å². The van der Waals surface area contributed by atoms with Crippen molar-refractivity contribution in [3.05, 3.63) is 17.7 Å². The summed E-state index contributed by atoms with van der Waals surface area (Å²) in [5, 5.41) is 6.68. The summed E-state index contributed by atoms with van der Waals surface area (Å²) in [7, 11) is 6.67. The van der Waals surface area contributed by atoms with Crippen LogP contribution in [0.15, 0.2) is 17.1 Å². The highest BCUT2D eigenvalue weighted by molar-refractivity contribution is 5.79. The van der Waals surface area contributed by atoms with Crippen LogP contribution < -0.4 is 24.8 Å². The van der Waals surface area contributed by atoms with Crippen molar-refractivity contribution in [2.45, 2.75) is 19.3 Å². The molecule has 0 radical (unpaired) electrons. The van der Waals surface area contributed by atoms with Crippen LogP contribution in [0, 0.1) is 5.92 Å². The van der Waals surface area contributed by atoms with Crippen LogP contribution in [0.4, 0.5) is 0 Å². The molecular weight excluding hydrogens is 294 g/mol. The van der Waals surface area contributed by atoms with E-state index in [1.165, 1.54) is 12.8 Å². The summed E-state index contributed by atoms with van der Waals surface area (Å²) in [5.41, 5.74) is 1.07. The first-order chi connectivity index (χ1) is 11.2. The van der Waals surface area contributed by atoms with Crippen LogP contribution in [0.3, 0.4) is 0 Å². The number of nitrogens with zero attached hydrogens (tertiary/aromatic N) is 1. The first-order valence-electron chi connectivity index (χ1n) is 7.95. The molecule has 2 N–H and O–H groups in total. The number of ether oxygens (including phenoxy) is 3. The molecule has 23 heavy (non-hydrogen) atoms. The molecular formula is C17H27N3O3. The molecule has 2 rings (SSSR count). The van der Waals surface area contributed by atoms with Gasteiger partial charge in [-0.25, -0.2) is 0 Å². The first kappa shape index (κ1) is 17.2. The monoisotopic (exact) mass is 321 g/mol. The van der Waals surface area contributed by atoms with E-state index in [1.807, 2.05) is 12.1 Å². The Morgan fingerprint density at radius 2 is 1.83 bits per heavy atom. The molecule has 0 aromatic heterocycles. The number of rotatable bonds is 8. The van der Waals surface area contributed by atoms with Gasteiger partial charge < -0.3 is 24.8 Å². The minimum absolute atomic E-state index is 0.628. The summed E-state index contributed by atoms with van der Waals surface area (Å²) in [6, 6.07) is 3.90. The molecule has 1 aliphatic carbocycles. The lowest BCUT2D eigenvalue weighted by Crippen LogP contribution is -2.39. The van der Waals surface area contributed by atoms with Crippen LogP contribution >= 0.6 is 0 Å². The number of guanidine groups is 1. The molecule has 1 aromatic carbocycles. The SMILES string of the molecule is CN=C(NCCc1ccc(OC)c(OC)c1OC)NCC1CC1. The topological polar surface area (TPSA) is 64.1 Å². The van der Waals surface area contributed by atoms with Gasteiger partial charge in [0.1, 0.15) is 0 Å². The number of benzene rings is 1. The van der Waals surface area contributed by atoms with E-state index in [-0.39, 0.29) is 0 Å². The molecule has 0 unspecified atom stereocenters. The summed E-state index contributed by atoms with van der Waals surface area (Å²) >= 11 is 0. The van der Waals surface area contributed by atoms with Gasteiger partial charge in [-0.3, -0.25) is 4.99 Å². The molecule has 1 aliphatic rings. The summed E-state index contributed by atoms with van der Waals surface area (Å²) in [6.07, 6.45) is 3.45. The molecule has 0 bridgehead atoms. The van der Waals surface area contributed by atoms with E-state index in [0.29, 0.717) is 11.5 Å². The largest absolute Gasteiger partial charge is 0.493 e. The van der Waals surface area contributed by atoms with Gasteiger partial charge >= 0.3 is 0 Å². The van der Waals surface area contributed by atoms with Gasteiger partial charge in [-0.2, -0.15) is 0 Å². The number of aliphatic imine (C=N–C) groups is 1. The molecule has 6 heteroatoms. The Kier molecular flexibility index (Phi) is 6.38. The highest BCUT2D eigenvalue weighted by Gasteiger charge is 2.21. The Morgan fingerprint density at radius 3 is 2.39 bits per heavy atom. The van der Waals surface area contributed by atoms with E-state index in [2.05, 4.69) is 15.6 Å². The lowest BCUT2D eigenvalue weighted by Gasteiger charge is -2.16. The zero-order chi connectivity index (χ0) is 16.7. The molecule has 0 saturated heterocycles. The van der Waals surface area contributed by atoms with E-state index >= 15 is 0 Å². The fraction of sp³-hybridized carbons (Fsp3) is 0.588. The molecule has 1 fully saturated rings. The number of methoxy groups -OCH3 is 3. The zero-order valence-electron chi connectivity index (χ0n) is 14.4. The molecule has 0 atom stereocenters. The molecule has 128 valence electrons. The fourth-order valence-electron chi connectivity index (χ4n) is 2.46. The first-order valence-corrected chi connectivity index (χ1v) is 7.95. The zero-order valence-corrected chi connectivity index (χ0v) is 14.4. The van der Waals surface area contributed by atoms with Gasteiger partial charge in [0, 0.05) is 25.7 Å². The van der Waals surface area contributed by atoms with Crippen LogP contribution in [-0.4, -0.2) is 47.4 Å². The van der Waals surface area contributed by atoms with E-state index < -0.39 is 0 Å². The van der Waals surface area contributed by atoms with Gasteiger partial charge in [-0.05, 0) is 31.2 Å². The fourth-order valence-corrected chi connectivity index (χ4v) is 2.46. The van der Waals surface area contributed by atoms with Gasteiger partial charge in [-0.1, -0.05) is 6.07 Å². The molecule has 1 aromatic rings. The lowest BCUT2D eigenvalue weighted by molar-refractivity contribution is 0.322. The second-order valence-electron chi connectivity index (χ2n) is 5.57. The van der Waals surface area contributed by atoms with Gasteiger partial charge in [0.25, 0.3) is 0 Å². The van der Waals surface area contributed by atoms with Gasteiger partial charge in [0.2, 0.25) is 5.75 Å². The van der Waals surface area contributed by atoms with Crippen LogP contribution in [0.1, 0.15) is 18.4 Å². The third-order valence-corrected chi connectivity index (χ3v) is 3.95. The summed E-state index contributed by atoms with van der Waals surface area (Å²) in [5.74, 6) is 3.68. The second-order valence-corrected chi connectivity index (χ2v) is 5.57. The molecule has 1 saturated carbocycles. The maximum Gasteiger partial charge on any atom is 0.203 e. The highest BCUT2D eigenvalue weighted by Crippen LogP contribution is 2.39. The van der Waals surface area contributed by atoms with Crippen LogP contribution in [0.2, 0.25) is 0 Å². The molecule has 0 spiro atoms. The molecule has 6 nitrogen and oxygen atoms in total. The molecule has 0 heterocycles. The Morgan fingerprint density at radius 1 is 1.09 bits per heavy atom. The second kappa shape index (κ2) is 8.50. The van der Waals surface area contributed by atoms with Crippen molar-refractivity contribution in [2.75, 3.05) is 41.5 Å². The highest BCUT2D eigenvalue weighted by atomic mass is 16.5. The van der Waals surface area contributed by atoms with Crippen LogP contribution in [0.5, 0.6) is 17.2 Å². The predicted octanol–water partition coefficient (Wildman–Crippen LogP) is 1.83. The number of hydrogen-bond donors (Lipinski definition) is 2. The smallest absolute Gasteiger partial charge is 0.203 e. The lowest BCUT2D eigenvalue weighted by atomic mass is 10.1. The summed E-state index contributed by atoms with van der Waals surface area (Å²) < 4.78 is 16.2. The van der Waals surface area contributed by atoms with E-state index in [9.17, 15) is 0 Å². The standard InChI is InChI=1S/C17H27N3O3/c1-18-17(20-11-12-5-6-12)19-10-9-13-7-8-14(21-2)16(23-4)15(13)22-3/h7-8,12H,5-6,9-11H2,1-4H3,(H2,18,19,20). The van der Waals surface area contributed by atoms with Crippen molar-refractivity contribution in [3.8, 4) is 17.2 Å². The maximum atomic E-state index is 5.50. The minimum atomic E-state index is 0.628. The number of hydrogen-bond acceptors (Lipinski definition) is 4. The Hall–Kier alpha value is -2.11. The Bertz CT molecular complexity index is 542. The Balaban J connectivity index is 1.93. The van der Waals surface area contributed by atoms with Crippen molar-refractivity contribution < 1.29 is 14.2 Å². The normalized spacial score (nSPS) is 14.3. The molecule has 0 aliphatic heterocycles. The van der Waals surface area contributed by atoms with Crippen molar-refractivity contribution in [3.63, 3.8) is 0 Å². The summed E-state index contributed by atoms with van der Waals surface area (Å²) in [4.78, 5) is 4.24. The van der Waals surface area contributed by atoms with Crippen molar-refractivity contribution in [1.82, 2.24) is 10.6 Å². The van der Waals surface area contributed by atoms with Crippen molar-refractivity contribution in [1.29, 1.82) is 0 Å². The van der Waals surface area contributed by atoms with E-state index in [1.54, 1.807) is 28.4 Å². The van der Waals surface area contributed by atoms with Crippen molar-refractivity contribution >= 4 is 5.96 Å². The average Bonchev–Trinajstić information content (AvgIpc) is 3.41. The quantitative estimate of drug-likeness (QED) is 0.565. The predicted molar refractivity (Wildman–Crippen MR) is 91.9 cm³/mol. The number of nitrogens with one attached hydrogen (secondary N) is 2. The van der Waals surface area contributed by atoms with Crippen LogP contribution in [0.25, 0.3) is 0 Å². The maximum absolute atomic E-state index is 5.50. The third kappa shape index (κ3) is 4.68. The van der Waals surface area contributed by atoms with Crippen molar-refractivity contribution in [2.24, 2.45) is 10.9 Å². The molecule has 0 amide bonds. The van der Waals surface area contributed by atoms with Gasteiger partial charge in [0.05, 0.1) is 21.3 Å². The Labute approximate surface area is 138 Å². The third-order valence-electron chi connectivity index (χ3n) is 3.95. The van der Waals surface area contributed by atoms with Crippen LogP contribution in [-0.2, 0) is 6.42 Å².